The van der Waals surface area contributed by atoms with Gasteiger partial charge >= 0.3 is 37.9 Å². The Balaban J connectivity index is 0.000000264. The third-order valence-corrected chi connectivity index (χ3v) is 10.2. The molecule has 0 aromatic heterocycles. The summed E-state index contributed by atoms with van der Waals surface area (Å²) in [4.78, 5) is 0. The van der Waals surface area contributed by atoms with Crippen LogP contribution < -0.4 is 0 Å². The summed E-state index contributed by atoms with van der Waals surface area (Å²) in [6.07, 6.45) is 7.39. The predicted molar refractivity (Wildman–Crippen MR) is 253 cm³/mol. The van der Waals surface area contributed by atoms with Crippen molar-refractivity contribution in [2.45, 2.75) is 146 Å². The van der Waals surface area contributed by atoms with Gasteiger partial charge < -0.3 is 0 Å². The van der Waals surface area contributed by atoms with Gasteiger partial charge in [0, 0.05) is 9.52 Å². The van der Waals surface area contributed by atoms with E-state index in [4.69, 9.17) is 17.0 Å². The summed E-state index contributed by atoms with van der Waals surface area (Å²) < 4.78 is 0. The van der Waals surface area contributed by atoms with Crippen molar-refractivity contribution >= 4 is 48.1 Å². The van der Waals surface area contributed by atoms with Crippen LogP contribution in [0.2, 0.25) is 13.1 Å². The van der Waals surface area contributed by atoms with Gasteiger partial charge in [-0.2, -0.15) is 12.1 Å². The molecule has 0 aliphatic heterocycles. The van der Waals surface area contributed by atoms with Gasteiger partial charge in [0.15, 0.2) is 0 Å². The second kappa shape index (κ2) is 22.2. The molecule has 0 amide bonds. The van der Waals surface area contributed by atoms with Crippen LogP contribution in [-0.2, 0) is 44.5 Å². The molecule has 4 heteroatoms. The van der Waals surface area contributed by atoms with Crippen molar-refractivity contribution in [3.05, 3.63) is 129 Å². The van der Waals surface area contributed by atoms with Gasteiger partial charge in [-0.1, -0.05) is 175 Å². The van der Waals surface area contributed by atoms with E-state index < -0.39 is 20.8 Å². The Morgan fingerprint density at radius 1 is 0.536 bits per heavy atom. The van der Waals surface area contributed by atoms with E-state index in [2.05, 4.69) is 181 Å². The van der Waals surface area contributed by atoms with E-state index in [0.717, 1.165) is 9.52 Å². The van der Waals surface area contributed by atoms with E-state index in [0.29, 0.717) is 0 Å². The topological polar surface area (TPSA) is 0 Å². The first-order valence-corrected chi connectivity index (χ1v) is 28.9. The minimum atomic E-state index is -0.826. The first-order valence-electron chi connectivity index (χ1n) is 20.6. The fourth-order valence-electron chi connectivity index (χ4n) is 7.85. The van der Waals surface area contributed by atoms with E-state index in [1.165, 1.54) is 127 Å². The Labute approximate surface area is 363 Å². The van der Waals surface area contributed by atoms with Gasteiger partial charge in [-0.15, -0.1) is 69.1 Å². The summed E-state index contributed by atoms with van der Waals surface area (Å²) in [6, 6.07) is 32.9. The third-order valence-electron chi connectivity index (χ3n) is 10.2. The summed E-state index contributed by atoms with van der Waals surface area (Å²) in [7, 11) is 11.0. The maximum atomic E-state index is 4.93. The molecule has 6 aromatic carbocycles. The summed E-state index contributed by atoms with van der Waals surface area (Å²) >= 11 is -0.826. The normalized spacial score (nSPS) is 11.3. The van der Waals surface area contributed by atoms with Crippen LogP contribution >= 0.6 is 17.0 Å². The van der Waals surface area contributed by atoms with Crippen LogP contribution in [0.3, 0.4) is 0 Å². The number of hydrogen-bond acceptors (Lipinski definition) is 0. The Kier molecular flexibility index (Phi) is 19.1. The van der Waals surface area contributed by atoms with Crippen molar-refractivity contribution < 1.29 is 20.8 Å². The van der Waals surface area contributed by atoms with E-state index in [9.17, 15) is 0 Å². The first-order chi connectivity index (χ1) is 26.4. The van der Waals surface area contributed by atoms with E-state index in [1.54, 1.807) is 0 Å². The molecule has 2 radical (unpaired) electrons. The second-order valence-corrected chi connectivity index (χ2v) is 22.5. The van der Waals surface area contributed by atoms with Crippen LogP contribution in [-0.4, -0.2) is 9.52 Å². The Hall–Kier alpha value is -2.22. The van der Waals surface area contributed by atoms with Gasteiger partial charge in [-0.25, -0.2) is 0 Å². The van der Waals surface area contributed by atoms with Crippen LogP contribution in [0, 0.1) is 27.7 Å². The number of benzene rings is 4. The molecule has 0 heterocycles. The molecule has 0 spiro atoms. The van der Waals surface area contributed by atoms with E-state index in [1.807, 2.05) is 0 Å². The number of fused-ring (bicyclic) bond motifs is 2. The number of rotatable bonds is 8. The molecule has 0 saturated heterocycles. The summed E-state index contributed by atoms with van der Waals surface area (Å²) in [5.74, 6) is 0. The van der Waals surface area contributed by atoms with Crippen molar-refractivity contribution in [1.82, 2.24) is 0 Å². The standard InChI is InChI=1S/2C25H31.C2H6Si.2ClH.Zr/c2*1-7-8-9-19-15-20-10-11-23(25(4,5)6)24(22(20)16-19)21-13-17(2)12-18(3)14-21;1-3-2;;;/h2*10-16H,7-9H2,1-6H3;1-2H3;2*1H;/q2*-1;;;;+4/p-2. The van der Waals surface area contributed by atoms with Crippen molar-refractivity contribution in [3.8, 4) is 22.3 Å². The fourth-order valence-corrected chi connectivity index (χ4v) is 7.85. The zero-order valence-electron chi connectivity index (χ0n) is 37.1. The summed E-state index contributed by atoms with van der Waals surface area (Å²) in [5.41, 5.74) is 17.0. The molecule has 0 aliphatic carbocycles. The zero-order valence-corrected chi connectivity index (χ0v) is 42.1. The Bertz CT molecular complexity index is 1940. The minimum absolute atomic E-state index is 0.127. The van der Waals surface area contributed by atoms with Gasteiger partial charge in [0.2, 0.25) is 0 Å². The number of halogens is 2. The molecular formula is C52H68Cl2SiZr. The maximum absolute atomic E-state index is 4.93. The number of hydrogen-bond donors (Lipinski definition) is 0. The molecular weight excluding hydrogens is 815 g/mol. The Morgan fingerprint density at radius 2 is 0.839 bits per heavy atom. The molecule has 0 nitrogen and oxygen atoms in total. The predicted octanol–water partition coefficient (Wildman–Crippen LogP) is 17.1. The third kappa shape index (κ3) is 13.4. The van der Waals surface area contributed by atoms with Crippen molar-refractivity contribution in [3.63, 3.8) is 0 Å². The van der Waals surface area contributed by atoms with Gasteiger partial charge in [0.25, 0.3) is 0 Å². The van der Waals surface area contributed by atoms with Gasteiger partial charge in [-0.05, 0) is 62.5 Å². The number of aryl methyl sites for hydroxylation is 6. The zero-order chi connectivity index (χ0) is 41.8. The molecule has 6 rings (SSSR count). The molecule has 56 heavy (non-hydrogen) atoms. The van der Waals surface area contributed by atoms with Crippen molar-refractivity contribution in [2.24, 2.45) is 0 Å². The molecule has 0 saturated carbocycles. The Morgan fingerprint density at radius 3 is 1.11 bits per heavy atom. The molecule has 0 aliphatic rings. The molecule has 0 unspecified atom stereocenters. The SMILES string of the molecule is CCCCc1cc2c(-c3cc(C)cc(C)c3)c(C(C)(C)C)ccc2[cH-]1.CCCCc1cc2c(-c3cc(C)cc(C)c3)c(C(C)(C)C)ccc2[cH-]1.C[Si]C.[Cl][Zr+2][Cl]. The second-order valence-electron chi connectivity index (χ2n) is 17.7. The quantitative estimate of drug-likeness (QED) is 0.106. The molecule has 0 N–H and O–H groups in total. The van der Waals surface area contributed by atoms with Crippen LogP contribution in [0.4, 0.5) is 0 Å². The van der Waals surface area contributed by atoms with Crippen LogP contribution in [0.5, 0.6) is 0 Å². The van der Waals surface area contributed by atoms with Crippen LogP contribution in [0.25, 0.3) is 43.8 Å². The average molecular weight is 883 g/mol. The first kappa shape index (κ1) is 48.2. The summed E-state index contributed by atoms with van der Waals surface area (Å²) in [5, 5.41) is 5.61. The van der Waals surface area contributed by atoms with Crippen molar-refractivity contribution in [2.75, 3.05) is 0 Å². The summed E-state index contributed by atoms with van der Waals surface area (Å²) in [6.45, 7) is 31.6. The molecule has 298 valence electrons. The van der Waals surface area contributed by atoms with Crippen molar-refractivity contribution in [1.29, 1.82) is 0 Å². The monoisotopic (exact) mass is 880 g/mol. The number of unbranched alkanes of at least 4 members (excludes halogenated alkanes) is 2. The van der Waals surface area contributed by atoms with Gasteiger partial charge in [0.05, 0.1) is 0 Å². The van der Waals surface area contributed by atoms with Crippen LogP contribution in [0.15, 0.2) is 84.9 Å². The molecule has 0 atom stereocenters. The molecule has 6 aromatic rings. The van der Waals surface area contributed by atoms with Gasteiger partial charge in [-0.3, -0.25) is 0 Å². The fraction of sp³-hybridized carbons (Fsp3) is 0.423. The van der Waals surface area contributed by atoms with E-state index >= 15 is 0 Å². The van der Waals surface area contributed by atoms with E-state index in [-0.39, 0.29) is 10.8 Å². The molecule has 0 bridgehead atoms. The average Bonchev–Trinajstić information content (AvgIpc) is 3.72. The van der Waals surface area contributed by atoms with Gasteiger partial charge in [0.1, 0.15) is 0 Å². The molecule has 0 fully saturated rings. The van der Waals surface area contributed by atoms with Crippen LogP contribution in [0.1, 0.15) is 126 Å².